The number of anilines is 1. The van der Waals surface area contributed by atoms with Crippen LogP contribution in [0.15, 0.2) is 53.9 Å². The van der Waals surface area contributed by atoms with Gasteiger partial charge in [0.2, 0.25) is 0 Å². The predicted octanol–water partition coefficient (Wildman–Crippen LogP) is 4.88. The van der Waals surface area contributed by atoms with E-state index in [-0.39, 0.29) is 18.3 Å². The second-order valence-electron chi connectivity index (χ2n) is 12.6. The van der Waals surface area contributed by atoms with Crippen molar-refractivity contribution in [2.24, 2.45) is 5.41 Å². The van der Waals surface area contributed by atoms with E-state index in [2.05, 4.69) is 21.0 Å². The maximum atomic E-state index is 11.9. The lowest BCUT2D eigenvalue weighted by Crippen LogP contribution is -2.41. The molecular weight excluding hydrogens is 536 g/mol. The van der Waals surface area contributed by atoms with Crippen LogP contribution in [0.3, 0.4) is 0 Å². The van der Waals surface area contributed by atoms with E-state index in [1.807, 2.05) is 97.5 Å². The van der Waals surface area contributed by atoms with Crippen molar-refractivity contribution >= 4 is 35.2 Å². The molecule has 1 aromatic heterocycles. The lowest BCUT2D eigenvalue weighted by atomic mass is 9.83. The van der Waals surface area contributed by atoms with Crippen LogP contribution in [0.5, 0.6) is 0 Å². The SMILES string of the molecule is CC(C)(C)OC(=O)CC1(C=O)Cc2ccccc2C1.CNCc1nc(-c2ccc(NC(=O)C[N+](C)(C)C)cc2)cs1. The number of likely N-dealkylation sites (N-methyl/N-ethyl adjacent to an activating group) is 1. The number of fused-ring (bicyclic) bond motifs is 1. The van der Waals surface area contributed by atoms with Crippen LogP contribution in [0.4, 0.5) is 5.69 Å². The summed E-state index contributed by atoms with van der Waals surface area (Å²) in [6.45, 7) is 6.73. The maximum absolute atomic E-state index is 11.9. The largest absolute Gasteiger partial charge is 0.460 e. The number of thiazole rings is 1. The molecule has 0 aliphatic heterocycles. The van der Waals surface area contributed by atoms with Crippen molar-refractivity contribution in [2.45, 2.75) is 52.2 Å². The number of aromatic nitrogens is 1. The number of quaternary nitrogens is 1. The Morgan fingerprint density at radius 2 is 1.66 bits per heavy atom. The first-order chi connectivity index (χ1) is 19.2. The van der Waals surface area contributed by atoms with Gasteiger partial charge < -0.3 is 24.6 Å². The summed E-state index contributed by atoms with van der Waals surface area (Å²) in [5.41, 5.74) is 4.05. The molecule has 1 amide bonds. The van der Waals surface area contributed by atoms with Gasteiger partial charge in [0.15, 0.2) is 6.54 Å². The molecule has 3 aromatic rings. The minimum absolute atomic E-state index is 0.0187. The van der Waals surface area contributed by atoms with E-state index < -0.39 is 11.0 Å². The number of benzene rings is 2. The first kappa shape index (κ1) is 32.1. The highest BCUT2D eigenvalue weighted by molar-refractivity contribution is 7.09. The molecule has 1 heterocycles. The molecule has 2 aromatic carbocycles. The highest BCUT2D eigenvalue weighted by Gasteiger charge is 2.40. The van der Waals surface area contributed by atoms with Crippen LogP contribution in [-0.2, 0) is 38.5 Å². The fourth-order valence-corrected chi connectivity index (χ4v) is 5.49. The molecule has 2 N–H and O–H groups in total. The Hall–Kier alpha value is -3.40. The van der Waals surface area contributed by atoms with Gasteiger partial charge in [-0.3, -0.25) is 9.59 Å². The third-order valence-corrected chi connectivity index (χ3v) is 7.18. The summed E-state index contributed by atoms with van der Waals surface area (Å²) in [6, 6.07) is 15.8. The molecule has 0 saturated carbocycles. The average Bonchev–Trinajstić information content (AvgIpc) is 3.47. The van der Waals surface area contributed by atoms with Crippen molar-refractivity contribution < 1.29 is 23.6 Å². The van der Waals surface area contributed by atoms with Crippen LogP contribution < -0.4 is 10.6 Å². The summed E-state index contributed by atoms with van der Waals surface area (Å²) in [4.78, 5) is 39.9. The Morgan fingerprint density at radius 3 is 2.17 bits per heavy atom. The van der Waals surface area contributed by atoms with E-state index >= 15 is 0 Å². The molecule has 0 unspecified atom stereocenters. The third kappa shape index (κ3) is 10.2. The van der Waals surface area contributed by atoms with E-state index in [9.17, 15) is 14.4 Å². The lowest BCUT2D eigenvalue weighted by molar-refractivity contribution is -0.861. The van der Waals surface area contributed by atoms with E-state index in [0.717, 1.165) is 45.9 Å². The quantitative estimate of drug-likeness (QED) is 0.213. The van der Waals surface area contributed by atoms with Crippen LogP contribution in [0.1, 0.15) is 43.3 Å². The number of ether oxygens (including phenoxy) is 1. The molecule has 0 saturated heterocycles. The van der Waals surface area contributed by atoms with Crippen molar-refractivity contribution in [1.29, 1.82) is 0 Å². The summed E-state index contributed by atoms with van der Waals surface area (Å²) < 4.78 is 5.94. The Bertz CT molecular complexity index is 1310. The topological polar surface area (TPSA) is 97.4 Å². The standard InChI is InChI=1S/C16H22N4OS.C16H20O3/c1-17-9-16-19-14(11-22-16)12-5-7-13(8-6-12)18-15(21)10-20(2,3)4;1-15(2,3)19-14(18)10-16(11-17)8-12-6-4-5-7-13(12)9-16/h5-8,11,17H,9-10H2,1-4H3;4-7,11H,8-10H2,1-3H3/p+1. The van der Waals surface area contributed by atoms with E-state index in [1.54, 1.807) is 11.3 Å². The number of hydrogen-bond acceptors (Lipinski definition) is 7. The smallest absolute Gasteiger partial charge is 0.307 e. The van der Waals surface area contributed by atoms with E-state index in [1.165, 1.54) is 0 Å². The molecule has 0 radical (unpaired) electrons. The Kier molecular flexibility index (Phi) is 10.6. The Morgan fingerprint density at radius 1 is 1.05 bits per heavy atom. The van der Waals surface area contributed by atoms with Gasteiger partial charge in [0.1, 0.15) is 16.9 Å². The fraction of sp³-hybridized carbons (Fsp3) is 0.438. The number of nitrogens with zero attached hydrogens (tertiary/aromatic N) is 2. The summed E-state index contributed by atoms with van der Waals surface area (Å²) >= 11 is 1.64. The van der Waals surface area contributed by atoms with Gasteiger partial charge in [-0.1, -0.05) is 36.4 Å². The van der Waals surface area contributed by atoms with Gasteiger partial charge in [-0.25, -0.2) is 4.98 Å². The average molecular weight is 580 g/mol. The van der Waals surface area contributed by atoms with Gasteiger partial charge >= 0.3 is 5.97 Å². The monoisotopic (exact) mass is 579 g/mol. The van der Waals surface area contributed by atoms with Crippen LogP contribution in [-0.4, -0.2) is 68.0 Å². The third-order valence-electron chi connectivity index (χ3n) is 6.33. The molecule has 0 atom stereocenters. The Labute approximate surface area is 247 Å². The zero-order valence-corrected chi connectivity index (χ0v) is 26.1. The fourth-order valence-electron chi connectivity index (χ4n) is 4.67. The van der Waals surface area contributed by atoms with E-state index in [4.69, 9.17) is 4.74 Å². The second kappa shape index (κ2) is 13.5. The van der Waals surface area contributed by atoms with Gasteiger partial charge in [-0.15, -0.1) is 11.3 Å². The highest BCUT2D eigenvalue weighted by atomic mass is 32.1. The van der Waals surface area contributed by atoms with Crippen molar-refractivity contribution in [1.82, 2.24) is 10.3 Å². The lowest BCUT2D eigenvalue weighted by Gasteiger charge is -2.25. The van der Waals surface area contributed by atoms with Gasteiger partial charge in [-0.2, -0.15) is 0 Å². The zero-order valence-electron chi connectivity index (χ0n) is 25.2. The second-order valence-corrected chi connectivity index (χ2v) is 13.5. The first-order valence-electron chi connectivity index (χ1n) is 13.8. The minimum atomic E-state index is -0.619. The number of amides is 1. The minimum Gasteiger partial charge on any atom is -0.460 e. The van der Waals surface area contributed by atoms with Gasteiger partial charge in [0.25, 0.3) is 5.91 Å². The van der Waals surface area contributed by atoms with Crippen molar-refractivity contribution in [2.75, 3.05) is 40.1 Å². The first-order valence-corrected chi connectivity index (χ1v) is 14.6. The van der Waals surface area contributed by atoms with Crippen molar-refractivity contribution in [3.63, 3.8) is 0 Å². The zero-order chi connectivity index (χ0) is 30.3. The number of nitrogens with one attached hydrogen (secondary N) is 2. The van der Waals surface area contributed by atoms with Crippen molar-refractivity contribution in [3.8, 4) is 11.3 Å². The summed E-state index contributed by atoms with van der Waals surface area (Å²) in [7, 11) is 7.89. The van der Waals surface area contributed by atoms with Crippen molar-refractivity contribution in [3.05, 3.63) is 70.0 Å². The van der Waals surface area contributed by atoms with Crippen LogP contribution in [0.25, 0.3) is 11.3 Å². The van der Waals surface area contributed by atoms with E-state index in [0.29, 0.717) is 23.9 Å². The summed E-state index contributed by atoms with van der Waals surface area (Å²) in [5.74, 6) is -0.280. The Balaban J connectivity index is 0.000000228. The number of aldehydes is 1. The molecule has 41 heavy (non-hydrogen) atoms. The molecule has 0 bridgehead atoms. The number of carbonyl (C=O) groups is 3. The van der Waals surface area contributed by atoms with Crippen LogP contribution in [0, 0.1) is 5.41 Å². The predicted molar refractivity (Wildman–Crippen MR) is 165 cm³/mol. The molecule has 0 fully saturated rings. The number of carbonyl (C=O) groups excluding carboxylic acids is 3. The molecule has 9 heteroatoms. The maximum Gasteiger partial charge on any atom is 0.307 e. The molecule has 0 spiro atoms. The molecular formula is C32H43N4O4S+. The highest BCUT2D eigenvalue weighted by Crippen LogP contribution is 2.38. The van der Waals surface area contributed by atoms with Gasteiger partial charge in [-0.05, 0) is 63.9 Å². The molecule has 8 nitrogen and oxygen atoms in total. The summed E-state index contributed by atoms with van der Waals surface area (Å²) in [6.07, 6.45) is 2.34. The molecule has 1 aliphatic carbocycles. The van der Waals surface area contributed by atoms with Gasteiger partial charge in [0, 0.05) is 28.6 Å². The van der Waals surface area contributed by atoms with Crippen LogP contribution in [0.2, 0.25) is 0 Å². The number of esters is 1. The van der Waals surface area contributed by atoms with Gasteiger partial charge in [0.05, 0.1) is 33.3 Å². The molecule has 1 aliphatic rings. The molecule has 4 rings (SSSR count). The normalized spacial score (nSPS) is 13.9. The number of rotatable bonds is 9. The van der Waals surface area contributed by atoms with Crippen LogP contribution >= 0.6 is 11.3 Å². The number of hydrogen-bond donors (Lipinski definition) is 2. The molecule has 220 valence electrons. The summed E-state index contributed by atoms with van der Waals surface area (Å²) in [5, 5.41) is 9.14.